The molecule has 0 aliphatic heterocycles. The van der Waals surface area contributed by atoms with Gasteiger partial charge in [0, 0.05) is 6.07 Å². The van der Waals surface area contributed by atoms with Crippen LogP contribution in [0, 0.1) is 5.82 Å². The maximum atomic E-state index is 13.1. The van der Waals surface area contributed by atoms with Crippen LogP contribution in [-0.2, 0) is 0 Å². The normalized spacial score (nSPS) is 11.0. The number of rotatable bonds is 2. The van der Waals surface area contributed by atoms with Crippen molar-refractivity contribution in [1.29, 1.82) is 0 Å². The van der Waals surface area contributed by atoms with Crippen LogP contribution in [0.3, 0.4) is 0 Å². The van der Waals surface area contributed by atoms with E-state index in [0.717, 1.165) is 16.8 Å². The van der Waals surface area contributed by atoms with Crippen LogP contribution in [0.1, 0.15) is 25.3 Å². The molecule has 2 aromatic rings. The van der Waals surface area contributed by atoms with Gasteiger partial charge in [-0.05, 0) is 5.92 Å². The topological polar surface area (TPSA) is 67.8 Å². The van der Waals surface area contributed by atoms with Gasteiger partial charge in [0.2, 0.25) is 0 Å². The molecule has 0 aliphatic rings. The summed E-state index contributed by atoms with van der Waals surface area (Å²) in [6, 6.07) is 1.06. The van der Waals surface area contributed by atoms with Crippen molar-refractivity contribution in [2.24, 2.45) is 0 Å². The maximum Gasteiger partial charge on any atom is 0.334 e. The summed E-state index contributed by atoms with van der Waals surface area (Å²) in [6.07, 6.45) is 2.22. The van der Waals surface area contributed by atoms with Crippen LogP contribution in [0.2, 0.25) is 5.15 Å². The molecule has 0 aromatic carbocycles. The maximum absolute atomic E-state index is 13.1. The molecule has 0 amide bonds. The molecular weight excluding hydrogens is 273 g/mol. The molecule has 0 atom stereocenters. The summed E-state index contributed by atoms with van der Waals surface area (Å²) in [4.78, 5) is 30.1. The molecule has 0 aliphatic carbocycles. The fourth-order valence-electron chi connectivity index (χ4n) is 1.78. The number of aromatic nitrogens is 3. The van der Waals surface area contributed by atoms with Crippen LogP contribution in [0.25, 0.3) is 5.69 Å². The van der Waals surface area contributed by atoms with Gasteiger partial charge in [-0.1, -0.05) is 25.4 Å². The minimum Gasteiger partial charge on any atom is -0.297 e. The quantitative estimate of drug-likeness (QED) is 0.855. The predicted molar refractivity (Wildman–Crippen MR) is 69.5 cm³/mol. The number of halogens is 2. The van der Waals surface area contributed by atoms with Crippen LogP contribution in [0.5, 0.6) is 0 Å². The van der Waals surface area contributed by atoms with Crippen molar-refractivity contribution in [1.82, 2.24) is 14.5 Å². The first kappa shape index (κ1) is 13.5. The molecule has 0 saturated carbocycles. The number of H-pyrrole nitrogens is 1. The van der Waals surface area contributed by atoms with Crippen molar-refractivity contribution in [2.75, 3.05) is 0 Å². The zero-order valence-electron chi connectivity index (χ0n) is 10.3. The third-order valence-corrected chi connectivity index (χ3v) is 2.91. The standard InChI is InChI=1S/C12H11ClFN3O2/c1-6(2)9-10(13)16-12(19)17(11(9)18)8-3-7(14)4-15-5-8/h3-6H,1-2H3,(H,16,19). The van der Waals surface area contributed by atoms with Gasteiger partial charge in [-0.15, -0.1) is 0 Å². The van der Waals surface area contributed by atoms with E-state index >= 15 is 0 Å². The molecule has 1 N–H and O–H groups in total. The zero-order valence-corrected chi connectivity index (χ0v) is 11.0. The average Bonchev–Trinajstić information content (AvgIpc) is 2.27. The Morgan fingerprint density at radius 3 is 2.63 bits per heavy atom. The largest absolute Gasteiger partial charge is 0.334 e. The van der Waals surface area contributed by atoms with E-state index in [2.05, 4.69) is 9.97 Å². The highest BCUT2D eigenvalue weighted by molar-refractivity contribution is 6.30. The van der Waals surface area contributed by atoms with Crippen LogP contribution < -0.4 is 11.2 Å². The molecule has 2 heterocycles. The van der Waals surface area contributed by atoms with Crippen LogP contribution in [0.15, 0.2) is 28.0 Å². The van der Waals surface area contributed by atoms with E-state index in [1.807, 2.05) is 0 Å². The summed E-state index contributed by atoms with van der Waals surface area (Å²) in [5.74, 6) is -0.811. The Kier molecular flexibility index (Phi) is 3.53. The third kappa shape index (κ3) is 2.44. The van der Waals surface area contributed by atoms with E-state index in [9.17, 15) is 14.0 Å². The summed E-state index contributed by atoms with van der Waals surface area (Å²) in [6.45, 7) is 3.55. The summed E-state index contributed by atoms with van der Waals surface area (Å²) in [5, 5.41) is 0.00520. The number of hydrogen-bond acceptors (Lipinski definition) is 3. The monoisotopic (exact) mass is 283 g/mol. The highest BCUT2D eigenvalue weighted by Gasteiger charge is 2.17. The van der Waals surface area contributed by atoms with Crippen molar-refractivity contribution >= 4 is 11.6 Å². The lowest BCUT2D eigenvalue weighted by molar-refractivity contribution is 0.618. The van der Waals surface area contributed by atoms with Crippen molar-refractivity contribution in [2.45, 2.75) is 19.8 Å². The molecular formula is C12H11ClFN3O2. The first-order valence-corrected chi connectivity index (χ1v) is 5.95. The molecule has 2 aromatic heterocycles. The molecule has 0 unspecified atom stereocenters. The summed E-state index contributed by atoms with van der Waals surface area (Å²) in [7, 11) is 0. The number of pyridine rings is 1. The van der Waals surface area contributed by atoms with Crippen molar-refractivity contribution in [3.05, 3.63) is 55.8 Å². The van der Waals surface area contributed by atoms with Gasteiger partial charge in [0.1, 0.15) is 11.0 Å². The summed E-state index contributed by atoms with van der Waals surface area (Å²) >= 11 is 5.86. The van der Waals surface area contributed by atoms with Gasteiger partial charge < -0.3 is 0 Å². The molecule has 5 nitrogen and oxygen atoms in total. The van der Waals surface area contributed by atoms with Crippen LogP contribution in [-0.4, -0.2) is 14.5 Å². The van der Waals surface area contributed by atoms with Crippen molar-refractivity contribution in [3.63, 3.8) is 0 Å². The minimum absolute atomic E-state index is 0.00520. The van der Waals surface area contributed by atoms with E-state index < -0.39 is 17.1 Å². The van der Waals surface area contributed by atoms with E-state index in [1.165, 1.54) is 6.20 Å². The van der Waals surface area contributed by atoms with Crippen LogP contribution >= 0.6 is 11.6 Å². The Hall–Kier alpha value is -1.95. The number of nitrogens with zero attached hydrogens (tertiary/aromatic N) is 2. The first-order chi connectivity index (χ1) is 8.91. The Labute approximate surface area is 112 Å². The molecule has 7 heteroatoms. The highest BCUT2D eigenvalue weighted by atomic mass is 35.5. The predicted octanol–water partition coefficient (Wildman–Crippen LogP) is 1.84. The lowest BCUT2D eigenvalue weighted by atomic mass is 10.1. The van der Waals surface area contributed by atoms with Gasteiger partial charge in [0.15, 0.2) is 0 Å². The second-order valence-electron chi connectivity index (χ2n) is 4.31. The van der Waals surface area contributed by atoms with Gasteiger partial charge >= 0.3 is 5.69 Å². The lowest BCUT2D eigenvalue weighted by Gasteiger charge is -2.10. The first-order valence-electron chi connectivity index (χ1n) is 5.57. The van der Waals surface area contributed by atoms with Gasteiger partial charge in [0.05, 0.1) is 23.6 Å². The smallest absolute Gasteiger partial charge is 0.297 e. The van der Waals surface area contributed by atoms with E-state index in [-0.39, 0.29) is 22.3 Å². The molecule has 2 rings (SSSR count). The number of aromatic amines is 1. The van der Waals surface area contributed by atoms with Gasteiger partial charge in [-0.3, -0.25) is 14.8 Å². The molecule has 0 spiro atoms. The second kappa shape index (κ2) is 4.97. The summed E-state index contributed by atoms with van der Waals surface area (Å²) in [5.41, 5.74) is -0.974. The highest BCUT2D eigenvalue weighted by Crippen LogP contribution is 2.17. The Bertz CT molecular complexity index is 736. The lowest BCUT2D eigenvalue weighted by Crippen LogP contribution is -2.36. The molecule has 0 bridgehead atoms. The van der Waals surface area contributed by atoms with E-state index in [1.54, 1.807) is 13.8 Å². The van der Waals surface area contributed by atoms with Crippen molar-refractivity contribution < 1.29 is 4.39 Å². The number of hydrogen-bond donors (Lipinski definition) is 1. The fraction of sp³-hybridized carbons (Fsp3) is 0.250. The Morgan fingerprint density at radius 1 is 1.37 bits per heavy atom. The fourth-order valence-corrected chi connectivity index (χ4v) is 2.16. The Morgan fingerprint density at radius 2 is 2.05 bits per heavy atom. The van der Waals surface area contributed by atoms with E-state index in [4.69, 9.17) is 11.6 Å². The van der Waals surface area contributed by atoms with E-state index in [0.29, 0.717) is 0 Å². The Balaban J connectivity index is 2.82. The molecule has 0 fully saturated rings. The number of nitrogens with one attached hydrogen (secondary N) is 1. The van der Waals surface area contributed by atoms with Gasteiger partial charge in [-0.2, -0.15) is 0 Å². The molecule has 0 radical (unpaired) electrons. The second-order valence-corrected chi connectivity index (χ2v) is 4.69. The SMILES string of the molecule is CC(C)c1c(Cl)[nH]c(=O)n(-c2cncc(F)c2)c1=O. The van der Waals surface area contributed by atoms with Crippen molar-refractivity contribution in [3.8, 4) is 5.69 Å². The zero-order chi connectivity index (χ0) is 14.2. The minimum atomic E-state index is -0.730. The average molecular weight is 284 g/mol. The molecule has 19 heavy (non-hydrogen) atoms. The van der Waals surface area contributed by atoms with Gasteiger partial charge in [0.25, 0.3) is 5.56 Å². The van der Waals surface area contributed by atoms with Gasteiger partial charge in [-0.25, -0.2) is 13.8 Å². The molecule has 100 valence electrons. The molecule has 0 saturated heterocycles. The third-order valence-electron chi connectivity index (χ3n) is 2.62. The summed E-state index contributed by atoms with van der Waals surface area (Å²) < 4.78 is 14.0. The van der Waals surface area contributed by atoms with Crippen LogP contribution in [0.4, 0.5) is 4.39 Å².